The van der Waals surface area contributed by atoms with E-state index in [1.165, 1.54) is 122 Å². The van der Waals surface area contributed by atoms with E-state index in [4.69, 9.17) is 25.2 Å². The SMILES string of the molecule is CC(O)C(=O)O.OCCCCCCCCCCCCOCCCCCCCCCCCCO.[Na]. The van der Waals surface area contributed by atoms with Crippen LogP contribution in [0.5, 0.6) is 0 Å². The second-order valence-electron chi connectivity index (χ2n) is 9.14. The van der Waals surface area contributed by atoms with E-state index in [1.54, 1.807) is 0 Å². The van der Waals surface area contributed by atoms with Gasteiger partial charge in [-0.3, -0.25) is 0 Å². The Labute approximate surface area is 232 Å². The molecule has 0 aromatic heterocycles. The minimum Gasteiger partial charge on any atom is -0.479 e. The number of carbonyl (C=O) groups is 1. The molecule has 0 aromatic carbocycles. The number of aliphatic hydroxyl groups is 3. The first-order valence-electron chi connectivity index (χ1n) is 13.8. The third-order valence-electron chi connectivity index (χ3n) is 5.75. The third-order valence-corrected chi connectivity index (χ3v) is 5.75. The predicted molar refractivity (Wildman–Crippen MR) is 142 cm³/mol. The van der Waals surface area contributed by atoms with Gasteiger partial charge in [0, 0.05) is 56.0 Å². The zero-order valence-electron chi connectivity index (χ0n) is 22.7. The molecule has 0 spiro atoms. The van der Waals surface area contributed by atoms with Crippen LogP contribution >= 0.6 is 0 Å². The van der Waals surface area contributed by atoms with Crippen molar-refractivity contribution in [3.63, 3.8) is 0 Å². The normalized spacial score (nSPS) is 11.4. The molecule has 0 bridgehead atoms. The smallest absolute Gasteiger partial charge is 0.332 e. The maximum Gasteiger partial charge on any atom is 0.332 e. The largest absolute Gasteiger partial charge is 0.479 e. The van der Waals surface area contributed by atoms with Crippen LogP contribution in [0.4, 0.5) is 0 Å². The molecule has 6 nitrogen and oxygen atoms in total. The Morgan fingerprint density at radius 2 is 0.765 bits per heavy atom. The van der Waals surface area contributed by atoms with Gasteiger partial charge in [-0.1, -0.05) is 103 Å². The Morgan fingerprint density at radius 1 is 0.559 bits per heavy atom. The van der Waals surface area contributed by atoms with Crippen LogP contribution in [0, 0.1) is 0 Å². The molecule has 34 heavy (non-hydrogen) atoms. The molecule has 1 radical (unpaired) electrons. The van der Waals surface area contributed by atoms with Gasteiger partial charge in [-0.2, -0.15) is 0 Å². The molecule has 0 rings (SSSR count). The molecule has 201 valence electrons. The van der Waals surface area contributed by atoms with Crippen LogP contribution in [-0.2, 0) is 9.53 Å². The minimum atomic E-state index is -1.23. The third kappa shape index (κ3) is 39.5. The summed E-state index contributed by atoms with van der Waals surface area (Å²) in [4.78, 5) is 9.45. The van der Waals surface area contributed by atoms with Crippen LogP contribution in [0.1, 0.15) is 135 Å². The summed E-state index contributed by atoms with van der Waals surface area (Å²) in [6.45, 7) is 3.82. The molecule has 1 unspecified atom stereocenters. The Bertz CT molecular complexity index is 345. The number of ether oxygens (including phenoxy) is 1. The Kier molecular flexibility index (Phi) is 40.5. The minimum absolute atomic E-state index is 0. The number of carboxylic acids is 1. The standard InChI is InChI=1S/C24H50O3.C3H6O3.Na/c25-21-17-13-9-5-1-3-7-11-15-19-23-27-24-20-16-12-8-4-2-6-10-14-18-22-26;1-2(4)3(5)6;/h25-26H,1-24H2;2,4H,1H3,(H,5,6);. The number of carboxylic acid groups (broad SMARTS) is 1. The summed E-state index contributed by atoms with van der Waals surface area (Å²) in [5, 5.41) is 33.2. The molecular formula is C27H56NaO6. The summed E-state index contributed by atoms with van der Waals surface area (Å²) in [7, 11) is 0. The average Bonchev–Trinajstić information content (AvgIpc) is 2.80. The Balaban J connectivity index is -0.00000121. The summed E-state index contributed by atoms with van der Waals surface area (Å²) in [5.74, 6) is -1.19. The van der Waals surface area contributed by atoms with E-state index in [-0.39, 0.29) is 29.6 Å². The molecule has 0 aromatic rings. The van der Waals surface area contributed by atoms with Crippen LogP contribution in [-0.4, -0.2) is 88.5 Å². The number of rotatable bonds is 25. The fraction of sp³-hybridized carbons (Fsp3) is 0.963. The van der Waals surface area contributed by atoms with Gasteiger partial charge in [-0.15, -0.1) is 0 Å². The molecule has 0 aliphatic rings. The van der Waals surface area contributed by atoms with Gasteiger partial charge in [0.2, 0.25) is 0 Å². The second kappa shape index (κ2) is 35.5. The van der Waals surface area contributed by atoms with Gasteiger partial charge in [-0.25, -0.2) is 4.79 Å². The van der Waals surface area contributed by atoms with E-state index in [0.29, 0.717) is 13.2 Å². The average molecular weight is 500 g/mol. The summed E-state index contributed by atoms with van der Waals surface area (Å²) in [6.07, 6.45) is 24.4. The number of unbranched alkanes of at least 4 members (excludes halogenated alkanes) is 18. The molecule has 0 amide bonds. The van der Waals surface area contributed by atoms with Crippen molar-refractivity contribution in [2.24, 2.45) is 0 Å². The van der Waals surface area contributed by atoms with Gasteiger partial charge in [-0.05, 0) is 32.6 Å². The predicted octanol–water partition coefficient (Wildman–Crippen LogP) is 5.86. The van der Waals surface area contributed by atoms with E-state index < -0.39 is 12.1 Å². The van der Waals surface area contributed by atoms with E-state index in [1.807, 2.05) is 0 Å². The van der Waals surface area contributed by atoms with Gasteiger partial charge < -0.3 is 25.2 Å². The fourth-order valence-electron chi connectivity index (χ4n) is 3.56. The number of aliphatic hydroxyl groups excluding tert-OH is 3. The first-order valence-corrected chi connectivity index (χ1v) is 13.8. The van der Waals surface area contributed by atoms with Crippen LogP contribution in [0.25, 0.3) is 0 Å². The second-order valence-corrected chi connectivity index (χ2v) is 9.14. The van der Waals surface area contributed by atoms with Crippen LogP contribution < -0.4 is 0 Å². The van der Waals surface area contributed by atoms with E-state index in [9.17, 15) is 4.79 Å². The Morgan fingerprint density at radius 3 is 0.971 bits per heavy atom. The molecule has 0 saturated heterocycles. The molecule has 0 aliphatic carbocycles. The van der Waals surface area contributed by atoms with E-state index in [2.05, 4.69) is 0 Å². The van der Waals surface area contributed by atoms with Crippen LogP contribution in [0.15, 0.2) is 0 Å². The van der Waals surface area contributed by atoms with Crippen LogP contribution in [0.2, 0.25) is 0 Å². The van der Waals surface area contributed by atoms with E-state index >= 15 is 0 Å². The molecular weight excluding hydrogens is 443 g/mol. The zero-order valence-corrected chi connectivity index (χ0v) is 24.7. The van der Waals surface area contributed by atoms with Crippen molar-refractivity contribution >= 4 is 35.5 Å². The van der Waals surface area contributed by atoms with Crippen molar-refractivity contribution in [1.29, 1.82) is 0 Å². The first kappa shape index (κ1) is 38.8. The zero-order chi connectivity index (χ0) is 24.8. The van der Waals surface area contributed by atoms with Crippen molar-refractivity contribution in [2.45, 2.75) is 141 Å². The fourth-order valence-corrected chi connectivity index (χ4v) is 3.56. The monoisotopic (exact) mass is 499 g/mol. The molecule has 0 fully saturated rings. The summed E-state index contributed by atoms with van der Waals surface area (Å²) >= 11 is 0. The number of hydrogen-bond acceptors (Lipinski definition) is 5. The van der Waals surface area contributed by atoms with Gasteiger partial charge >= 0.3 is 5.97 Å². The van der Waals surface area contributed by atoms with Gasteiger partial charge in [0.25, 0.3) is 0 Å². The summed E-state index contributed by atoms with van der Waals surface area (Å²) in [6, 6.07) is 0. The molecule has 4 N–H and O–H groups in total. The number of aliphatic carboxylic acids is 1. The molecule has 1 atom stereocenters. The van der Waals surface area contributed by atoms with Crippen molar-refractivity contribution in [2.75, 3.05) is 26.4 Å². The van der Waals surface area contributed by atoms with Gasteiger partial charge in [0.1, 0.15) is 6.10 Å². The summed E-state index contributed by atoms with van der Waals surface area (Å²) in [5.41, 5.74) is 0. The first-order chi connectivity index (χ1) is 16.1. The maximum atomic E-state index is 9.45. The Hall–Kier alpha value is 0.310. The molecule has 0 aliphatic heterocycles. The summed E-state index contributed by atoms with van der Waals surface area (Å²) < 4.78 is 5.76. The van der Waals surface area contributed by atoms with Crippen molar-refractivity contribution in [3.05, 3.63) is 0 Å². The van der Waals surface area contributed by atoms with Crippen molar-refractivity contribution in [3.8, 4) is 0 Å². The van der Waals surface area contributed by atoms with Gasteiger partial charge in [0.05, 0.1) is 0 Å². The quantitative estimate of drug-likeness (QED) is 0.0926. The molecule has 7 heteroatoms. The van der Waals surface area contributed by atoms with E-state index in [0.717, 1.165) is 26.1 Å². The van der Waals surface area contributed by atoms with Gasteiger partial charge in [0.15, 0.2) is 0 Å². The molecule has 0 heterocycles. The van der Waals surface area contributed by atoms with Crippen molar-refractivity contribution in [1.82, 2.24) is 0 Å². The number of hydrogen-bond donors (Lipinski definition) is 4. The maximum absolute atomic E-state index is 9.45. The van der Waals surface area contributed by atoms with Crippen molar-refractivity contribution < 1.29 is 30.0 Å². The molecule has 0 saturated carbocycles. The topological polar surface area (TPSA) is 107 Å². The van der Waals surface area contributed by atoms with Crippen LogP contribution in [0.3, 0.4) is 0 Å².